The van der Waals surface area contributed by atoms with Gasteiger partial charge in [0.15, 0.2) is 0 Å². The largest absolute Gasteiger partial charge is 0.508 e. The molecule has 1 atom stereocenters. The number of hydrogen-bond donors (Lipinski definition) is 5. The summed E-state index contributed by atoms with van der Waals surface area (Å²) in [6.45, 7) is 3.39. The number of nitrogens with one attached hydrogen (secondary N) is 2. The molecule has 1 amide bonds. The zero-order valence-corrected chi connectivity index (χ0v) is 18.6. The quantitative estimate of drug-likeness (QED) is 0.264. The molecular formula is C25H24N2O7. The van der Waals surface area contributed by atoms with E-state index in [2.05, 4.69) is 10.3 Å². The molecule has 0 unspecified atom stereocenters. The van der Waals surface area contributed by atoms with E-state index in [1.165, 1.54) is 18.2 Å². The van der Waals surface area contributed by atoms with Crippen LogP contribution in [0.2, 0.25) is 0 Å². The van der Waals surface area contributed by atoms with Crippen LogP contribution < -0.4 is 10.9 Å². The van der Waals surface area contributed by atoms with Crippen LogP contribution in [0.15, 0.2) is 45.7 Å². The molecule has 0 aliphatic heterocycles. The standard InChI is InChI=1S/C25H24N2O7/c1-12-16-4-7-21(29)13(2)23(16)34-25(33)17(12)5-8-22(30)27-20(24(31)32)9-14-11-26-19-6-3-15(28)10-18(14)19/h3-4,6-7,10-11,20,26,28-29H,5,8-9H2,1-2H3,(H,27,30)(H,31,32)/t20-/m0/s1. The molecule has 0 radical (unpaired) electrons. The van der Waals surface area contributed by atoms with Crippen molar-refractivity contribution in [2.75, 3.05) is 0 Å². The molecule has 34 heavy (non-hydrogen) atoms. The van der Waals surface area contributed by atoms with Crippen LogP contribution >= 0.6 is 0 Å². The van der Waals surface area contributed by atoms with Crippen molar-refractivity contribution in [3.8, 4) is 11.5 Å². The predicted molar refractivity (Wildman–Crippen MR) is 125 cm³/mol. The number of amides is 1. The molecule has 176 valence electrons. The van der Waals surface area contributed by atoms with Crippen molar-refractivity contribution in [2.45, 2.75) is 39.2 Å². The summed E-state index contributed by atoms with van der Waals surface area (Å²) in [6, 6.07) is 6.72. The minimum Gasteiger partial charge on any atom is -0.508 e. The average Bonchev–Trinajstić information content (AvgIpc) is 3.17. The lowest BCUT2D eigenvalue weighted by Crippen LogP contribution is -2.42. The summed E-state index contributed by atoms with van der Waals surface area (Å²) < 4.78 is 5.39. The van der Waals surface area contributed by atoms with Gasteiger partial charge in [-0.15, -0.1) is 0 Å². The van der Waals surface area contributed by atoms with Gasteiger partial charge in [0.2, 0.25) is 5.91 Å². The fourth-order valence-electron chi connectivity index (χ4n) is 4.13. The van der Waals surface area contributed by atoms with E-state index in [4.69, 9.17) is 4.42 Å². The van der Waals surface area contributed by atoms with Gasteiger partial charge in [-0.1, -0.05) is 0 Å². The third-order valence-corrected chi connectivity index (χ3v) is 6.09. The van der Waals surface area contributed by atoms with Gasteiger partial charge < -0.3 is 30.0 Å². The molecule has 9 nitrogen and oxygen atoms in total. The number of carboxylic acids is 1. The van der Waals surface area contributed by atoms with Gasteiger partial charge in [0.25, 0.3) is 0 Å². The van der Waals surface area contributed by atoms with Gasteiger partial charge in [0.05, 0.1) is 0 Å². The van der Waals surface area contributed by atoms with Gasteiger partial charge in [-0.2, -0.15) is 0 Å². The number of hydrogen-bond acceptors (Lipinski definition) is 6. The minimum atomic E-state index is -1.19. The first-order valence-electron chi connectivity index (χ1n) is 10.7. The summed E-state index contributed by atoms with van der Waals surface area (Å²) in [7, 11) is 0. The van der Waals surface area contributed by atoms with Crippen LogP contribution in [0.1, 0.15) is 28.7 Å². The van der Waals surface area contributed by atoms with Gasteiger partial charge in [0.1, 0.15) is 23.1 Å². The maximum atomic E-state index is 12.6. The van der Waals surface area contributed by atoms with Crippen molar-refractivity contribution >= 4 is 33.7 Å². The Balaban J connectivity index is 1.49. The molecule has 0 bridgehead atoms. The van der Waals surface area contributed by atoms with E-state index in [0.29, 0.717) is 38.6 Å². The molecule has 2 aromatic carbocycles. The number of aromatic amines is 1. The second kappa shape index (κ2) is 8.93. The average molecular weight is 464 g/mol. The first kappa shape index (κ1) is 22.9. The summed E-state index contributed by atoms with van der Waals surface area (Å²) in [5.41, 5.74) is 2.51. The van der Waals surface area contributed by atoms with Crippen molar-refractivity contribution in [1.29, 1.82) is 0 Å². The first-order valence-corrected chi connectivity index (χ1v) is 10.7. The zero-order valence-electron chi connectivity index (χ0n) is 18.6. The van der Waals surface area contributed by atoms with Gasteiger partial charge >= 0.3 is 11.6 Å². The molecular weight excluding hydrogens is 440 g/mol. The fraction of sp³-hybridized carbons (Fsp3) is 0.240. The molecule has 2 aromatic heterocycles. The van der Waals surface area contributed by atoms with Crippen molar-refractivity contribution in [1.82, 2.24) is 10.3 Å². The molecule has 4 aromatic rings. The van der Waals surface area contributed by atoms with E-state index in [-0.39, 0.29) is 30.8 Å². The Kier molecular flexibility index (Phi) is 6.02. The molecule has 0 saturated heterocycles. The summed E-state index contributed by atoms with van der Waals surface area (Å²) in [4.78, 5) is 39.9. The van der Waals surface area contributed by atoms with E-state index in [1.54, 1.807) is 32.2 Å². The van der Waals surface area contributed by atoms with Gasteiger partial charge in [-0.3, -0.25) is 4.79 Å². The normalized spacial score (nSPS) is 12.2. The number of aromatic nitrogens is 1. The Hall–Kier alpha value is -4.27. The van der Waals surface area contributed by atoms with E-state index in [9.17, 15) is 29.7 Å². The smallest absolute Gasteiger partial charge is 0.339 e. The number of rotatable bonds is 7. The number of fused-ring (bicyclic) bond motifs is 2. The lowest BCUT2D eigenvalue weighted by atomic mass is 10.00. The van der Waals surface area contributed by atoms with Crippen LogP contribution in [-0.4, -0.2) is 38.2 Å². The summed E-state index contributed by atoms with van der Waals surface area (Å²) in [6.07, 6.45) is 1.63. The number of aryl methyl sites for hydroxylation is 2. The molecule has 0 aliphatic rings. The Bertz CT molecular complexity index is 1480. The van der Waals surface area contributed by atoms with Crippen LogP contribution in [0.5, 0.6) is 11.5 Å². The first-order chi connectivity index (χ1) is 16.2. The molecule has 2 heterocycles. The number of H-pyrrole nitrogens is 1. The van der Waals surface area contributed by atoms with Crippen molar-refractivity contribution in [2.24, 2.45) is 0 Å². The van der Waals surface area contributed by atoms with Crippen LogP contribution in [0.25, 0.3) is 21.9 Å². The lowest BCUT2D eigenvalue weighted by molar-refractivity contribution is -0.141. The zero-order chi connectivity index (χ0) is 24.6. The Labute approximate surface area is 193 Å². The second-order valence-corrected chi connectivity index (χ2v) is 8.29. The third-order valence-electron chi connectivity index (χ3n) is 6.09. The second-order valence-electron chi connectivity index (χ2n) is 8.29. The summed E-state index contributed by atoms with van der Waals surface area (Å²) >= 11 is 0. The van der Waals surface area contributed by atoms with E-state index in [0.717, 1.165) is 5.52 Å². The molecule has 0 aliphatic carbocycles. The molecule has 0 spiro atoms. The van der Waals surface area contributed by atoms with Gasteiger partial charge in [-0.05, 0) is 61.7 Å². The van der Waals surface area contributed by atoms with Gasteiger partial charge in [-0.25, -0.2) is 9.59 Å². The van der Waals surface area contributed by atoms with Crippen LogP contribution in [0.3, 0.4) is 0 Å². The number of carbonyl (C=O) groups excluding carboxylic acids is 1. The minimum absolute atomic E-state index is 0.0183. The highest BCUT2D eigenvalue weighted by molar-refractivity contribution is 5.88. The number of carbonyl (C=O) groups is 2. The Morgan fingerprint density at radius 3 is 2.59 bits per heavy atom. The maximum Gasteiger partial charge on any atom is 0.339 e. The molecule has 4 rings (SSSR count). The van der Waals surface area contributed by atoms with E-state index in [1.807, 2.05) is 0 Å². The highest BCUT2D eigenvalue weighted by Crippen LogP contribution is 2.29. The SMILES string of the molecule is Cc1c(CCC(=O)N[C@@H](Cc2c[nH]c3ccc(O)cc23)C(=O)O)c(=O)oc2c(C)c(O)ccc12. The fourth-order valence-corrected chi connectivity index (χ4v) is 4.13. The van der Waals surface area contributed by atoms with E-state index >= 15 is 0 Å². The van der Waals surface area contributed by atoms with E-state index < -0.39 is 23.5 Å². The predicted octanol–water partition coefficient (Wildman–Crippen LogP) is 3.05. The van der Waals surface area contributed by atoms with Crippen LogP contribution in [-0.2, 0) is 22.4 Å². The lowest BCUT2D eigenvalue weighted by Gasteiger charge is -2.15. The van der Waals surface area contributed by atoms with Crippen LogP contribution in [0.4, 0.5) is 0 Å². The van der Waals surface area contributed by atoms with Gasteiger partial charge in [0, 0.05) is 46.5 Å². The van der Waals surface area contributed by atoms with Crippen molar-refractivity contribution in [3.63, 3.8) is 0 Å². The molecule has 9 heteroatoms. The number of aliphatic carboxylic acids is 1. The monoisotopic (exact) mass is 464 g/mol. The summed E-state index contributed by atoms with van der Waals surface area (Å²) in [5, 5.41) is 33.1. The number of aromatic hydroxyl groups is 2. The number of phenolic OH excluding ortho intramolecular Hbond substituents is 2. The Morgan fingerprint density at radius 2 is 1.85 bits per heavy atom. The molecule has 5 N–H and O–H groups in total. The molecule has 0 saturated carbocycles. The maximum absolute atomic E-state index is 12.6. The topological polar surface area (TPSA) is 153 Å². The number of benzene rings is 2. The highest BCUT2D eigenvalue weighted by Gasteiger charge is 2.23. The van der Waals surface area contributed by atoms with Crippen molar-refractivity contribution < 1.29 is 29.3 Å². The third kappa shape index (κ3) is 4.32. The highest BCUT2D eigenvalue weighted by atomic mass is 16.4. The van der Waals surface area contributed by atoms with Crippen molar-refractivity contribution in [3.05, 3.63) is 69.2 Å². The number of phenols is 2. The summed E-state index contributed by atoms with van der Waals surface area (Å²) in [5.74, 6) is -1.64. The molecule has 0 fully saturated rings. The number of carboxylic acid groups (broad SMARTS) is 1. The van der Waals surface area contributed by atoms with Crippen LogP contribution in [0, 0.1) is 13.8 Å². The Morgan fingerprint density at radius 1 is 1.09 bits per heavy atom.